The van der Waals surface area contributed by atoms with E-state index in [0.717, 1.165) is 10.8 Å². The van der Waals surface area contributed by atoms with Gasteiger partial charge < -0.3 is 9.47 Å². The average molecular weight is 396 g/mol. The van der Waals surface area contributed by atoms with Crippen LogP contribution in [-0.2, 0) is 14.3 Å². The molecule has 3 aromatic rings. The summed E-state index contributed by atoms with van der Waals surface area (Å²) in [5.74, 6) is -0.475. The van der Waals surface area contributed by atoms with Crippen molar-refractivity contribution >= 4 is 43.4 Å². The van der Waals surface area contributed by atoms with Gasteiger partial charge in [0.25, 0.3) is 0 Å². The Hall–Kier alpha value is -2.99. The molecule has 0 fully saturated rings. The number of hydrogen-bond acceptors (Lipinski definition) is 6. The molecule has 1 unspecified atom stereocenters. The van der Waals surface area contributed by atoms with Gasteiger partial charge in [-0.3, -0.25) is 9.59 Å². The average Bonchev–Trinajstić information content (AvgIpc) is 2.68. The van der Waals surface area contributed by atoms with E-state index in [9.17, 15) is 14.4 Å². The van der Waals surface area contributed by atoms with Crippen LogP contribution in [0.15, 0.2) is 59.9 Å². The lowest BCUT2D eigenvalue weighted by Gasteiger charge is -2.11. The van der Waals surface area contributed by atoms with Crippen molar-refractivity contribution in [3.05, 3.63) is 65.3 Å². The molecule has 144 valence electrons. The van der Waals surface area contributed by atoms with Crippen LogP contribution < -0.4 is 10.2 Å². The molecule has 2 aromatic carbocycles. The van der Waals surface area contributed by atoms with E-state index in [1.54, 1.807) is 31.2 Å². The molecule has 3 rings (SSSR count). The number of fused-ring (bicyclic) bond motifs is 2. The van der Waals surface area contributed by atoms with Crippen LogP contribution in [0.2, 0.25) is 0 Å². The molecule has 0 saturated heterocycles. The lowest BCUT2D eigenvalue weighted by atomic mass is 10.1. The second-order valence-electron chi connectivity index (χ2n) is 6.38. The number of carbonyl (C=O) groups excluding carboxylic acids is 2. The van der Waals surface area contributed by atoms with Gasteiger partial charge in [-0.05, 0) is 44.0 Å². The minimum atomic E-state index is -0.479. The van der Waals surface area contributed by atoms with Crippen molar-refractivity contribution in [2.24, 2.45) is 0 Å². The third kappa shape index (κ3) is 4.46. The number of rotatable bonds is 7. The van der Waals surface area contributed by atoms with Gasteiger partial charge >= 0.3 is 11.9 Å². The number of benzene rings is 2. The maximum atomic E-state index is 12.7. The first kappa shape index (κ1) is 19.8. The maximum absolute atomic E-state index is 12.7. The molecule has 6 heteroatoms. The second-order valence-corrected chi connectivity index (χ2v) is 7.43. The lowest BCUT2D eigenvalue weighted by Crippen LogP contribution is -2.14. The van der Waals surface area contributed by atoms with Crippen molar-refractivity contribution in [2.45, 2.75) is 32.3 Å². The molecule has 0 N–H and O–H groups in total. The van der Waals surface area contributed by atoms with Gasteiger partial charge in [0.05, 0.1) is 10.8 Å². The summed E-state index contributed by atoms with van der Waals surface area (Å²) in [6.45, 7) is 5.11. The zero-order valence-electron chi connectivity index (χ0n) is 15.5. The molecule has 0 amide bonds. The Kier molecular flexibility index (Phi) is 6.21. The molecule has 0 bridgehead atoms. The maximum Gasteiger partial charge on any atom is 0.330 e. The molecule has 1 heterocycles. The molecular weight excluding hydrogens is 376 g/mol. The minimum absolute atomic E-state index is 0.0693. The van der Waals surface area contributed by atoms with Crippen LogP contribution in [0, 0.1) is 0 Å². The topological polar surface area (TPSA) is 69.7 Å². The van der Waals surface area contributed by atoms with Gasteiger partial charge in [-0.25, -0.2) is 4.79 Å². The van der Waals surface area contributed by atoms with Crippen LogP contribution in [0.1, 0.15) is 26.2 Å². The fourth-order valence-corrected chi connectivity index (χ4v) is 4.01. The highest BCUT2D eigenvalue weighted by atomic mass is 32.1. The summed E-state index contributed by atoms with van der Waals surface area (Å²) in [4.78, 5) is 36.1. The van der Waals surface area contributed by atoms with E-state index < -0.39 is 5.97 Å². The van der Waals surface area contributed by atoms with Gasteiger partial charge in [-0.2, -0.15) is 0 Å². The third-order valence-corrected chi connectivity index (χ3v) is 5.47. The second kappa shape index (κ2) is 8.80. The van der Waals surface area contributed by atoms with E-state index in [4.69, 9.17) is 9.47 Å². The molecule has 28 heavy (non-hydrogen) atoms. The molecule has 0 aliphatic carbocycles. The first-order valence-electron chi connectivity index (χ1n) is 8.98. The molecule has 0 saturated carbocycles. The van der Waals surface area contributed by atoms with Crippen LogP contribution in [0.25, 0.3) is 20.2 Å². The number of esters is 2. The summed E-state index contributed by atoms with van der Waals surface area (Å²) in [5, 5.41) is 1.20. The molecule has 1 atom stereocenters. The fraction of sp³-hybridized carbons (Fsp3) is 0.227. The summed E-state index contributed by atoms with van der Waals surface area (Å²) >= 11 is 1.43. The Balaban J connectivity index is 1.72. The fourth-order valence-electron chi connectivity index (χ4n) is 2.89. The Morgan fingerprint density at radius 1 is 1.14 bits per heavy atom. The monoisotopic (exact) mass is 396 g/mol. The Morgan fingerprint density at radius 2 is 1.89 bits per heavy atom. The quantitative estimate of drug-likeness (QED) is 0.252. The van der Waals surface area contributed by atoms with Crippen molar-refractivity contribution in [3.8, 4) is 5.75 Å². The van der Waals surface area contributed by atoms with E-state index in [-0.39, 0.29) is 23.9 Å². The van der Waals surface area contributed by atoms with E-state index in [1.165, 1.54) is 11.3 Å². The summed E-state index contributed by atoms with van der Waals surface area (Å²) in [7, 11) is 0. The van der Waals surface area contributed by atoms with E-state index in [2.05, 4.69) is 6.58 Å². The zero-order valence-corrected chi connectivity index (χ0v) is 16.3. The Bertz CT molecular complexity index is 1100. The van der Waals surface area contributed by atoms with E-state index in [1.807, 2.05) is 18.2 Å². The first-order chi connectivity index (χ1) is 13.5. The highest BCUT2D eigenvalue weighted by molar-refractivity contribution is 7.24. The predicted molar refractivity (Wildman–Crippen MR) is 111 cm³/mol. The van der Waals surface area contributed by atoms with Crippen molar-refractivity contribution < 1.29 is 19.1 Å². The van der Waals surface area contributed by atoms with Crippen molar-refractivity contribution in [3.63, 3.8) is 0 Å². The van der Waals surface area contributed by atoms with Gasteiger partial charge in [-0.15, -0.1) is 11.3 Å². The minimum Gasteiger partial charge on any atom is -0.460 e. The van der Waals surface area contributed by atoms with Gasteiger partial charge in [-0.1, -0.05) is 24.8 Å². The highest BCUT2D eigenvalue weighted by Crippen LogP contribution is 2.32. The summed E-state index contributed by atoms with van der Waals surface area (Å²) in [6, 6.07) is 12.5. The molecule has 5 nitrogen and oxygen atoms in total. The van der Waals surface area contributed by atoms with Crippen molar-refractivity contribution in [2.75, 3.05) is 0 Å². The van der Waals surface area contributed by atoms with Gasteiger partial charge in [0.15, 0.2) is 5.43 Å². The van der Waals surface area contributed by atoms with Crippen LogP contribution in [0.4, 0.5) is 0 Å². The third-order valence-electron chi connectivity index (χ3n) is 4.27. The zero-order chi connectivity index (χ0) is 20.1. The standard InChI is InChI=1S/C22H20O5S/c1-3-19(23)26-14(2)8-6-13-20(24)27-17-11-7-10-16-21(25)15-9-4-5-12-18(15)28-22(16)17/h3-5,7,9-12,14H,1,6,8,13H2,2H3. The van der Waals surface area contributed by atoms with E-state index in [0.29, 0.717) is 34.1 Å². The predicted octanol–water partition coefficient (Wildman–Crippen LogP) is 4.61. The van der Waals surface area contributed by atoms with Gasteiger partial charge in [0.2, 0.25) is 0 Å². The Labute approximate surface area is 166 Å². The van der Waals surface area contributed by atoms with E-state index >= 15 is 0 Å². The molecule has 0 radical (unpaired) electrons. The van der Waals surface area contributed by atoms with Crippen LogP contribution in [0.3, 0.4) is 0 Å². The van der Waals surface area contributed by atoms with Crippen molar-refractivity contribution in [1.82, 2.24) is 0 Å². The molecule has 1 aromatic heterocycles. The molecular formula is C22H20O5S. The number of ether oxygens (including phenoxy) is 2. The normalized spacial score (nSPS) is 11.9. The lowest BCUT2D eigenvalue weighted by molar-refractivity contribution is -0.142. The largest absolute Gasteiger partial charge is 0.460 e. The Morgan fingerprint density at radius 3 is 2.68 bits per heavy atom. The number of hydrogen-bond donors (Lipinski definition) is 0. The molecule has 0 aliphatic heterocycles. The number of carbonyl (C=O) groups is 2. The van der Waals surface area contributed by atoms with Crippen LogP contribution in [0.5, 0.6) is 5.75 Å². The summed E-state index contributed by atoms with van der Waals surface area (Å²) in [6.07, 6.45) is 2.07. The SMILES string of the molecule is C=CC(=O)OC(C)CCCC(=O)Oc1cccc2c(=O)c3ccccc3sc12. The molecule has 0 spiro atoms. The van der Waals surface area contributed by atoms with Gasteiger partial charge in [0, 0.05) is 28.0 Å². The molecule has 0 aliphatic rings. The highest BCUT2D eigenvalue weighted by Gasteiger charge is 2.14. The van der Waals surface area contributed by atoms with Crippen LogP contribution in [-0.4, -0.2) is 18.0 Å². The van der Waals surface area contributed by atoms with Gasteiger partial charge in [0.1, 0.15) is 5.75 Å². The summed E-state index contributed by atoms with van der Waals surface area (Å²) in [5.41, 5.74) is -0.0693. The smallest absolute Gasteiger partial charge is 0.330 e. The summed E-state index contributed by atoms with van der Waals surface area (Å²) < 4.78 is 12.1. The van der Waals surface area contributed by atoms with Crippen molar-refractivity contribution in [1.29, 1.82) is 0 Å². The first-order valence-corrected chi connectivity index (χ1v) is 9.79. The van der Waals surface area contributed by atoms with Crippen LogP contribution >= 0.6 is 11.3 Å².